The molecule has 1 amide bonds. The number of ether oxygens (including phenoxy) is 1. The maximum Gasteiger partial charge on any atom is 0.338 e. The number of allylic oxidation sites excluding steroid dienone is 1. The number of aryl methyl sites for hydroxylation is 2. The highest BCUT2D eigenvalue weighted by Crippen LogP contribution is 2.45. The molecule has 0 aliphatic carbocycles. The Morgan fingerprint density at radius 2 is 1.87 bits per heavy atom. The third-order valence-corrected chi connectivity index (χ3v) is 6.55. The molecule has 0 spiro atoms. The zero-order valence-electron chi connectivity index (χ0n) is 19.2. The molecule has 2 aliphatic heterocycles. The quantitative estimate of drug-likeness (QED) is 0.574. The molecule has 0 radical (unpaired) electrons. The summed E-state index contributed by atoms with van der Waals surface area (Å²) in [5.74, 6) is -0.291. The number of fused-ring (bicyclic) bond motifs is 1. The van der Waals surface area contributed by atoms with E-state index < -0.39 is 0 Å². The molecule has 0 bridgehead atoms. The first-order valence-electron chi connectivity index (χ1n) is 10.8. The van der Waals surface area contributed by atoms with Crippen molar-refractivity contribution in [2.75, 3.05) is 19.7 Å². The number of rotatable bonds is 7. The Morgan fingerprint density at radius 3 is 2.48 bits per heavy atom. The van der Waals surface area contributed by atoms with E-state index in [-0.39, 0.29) is 24.3 Å². The first kappa shape index (κ1) is 23.1. The van der Waals surface area contributed by atoms with Crippen molar-refractivity contribution < 1.29 is 14.3 Å². The normalized spacial score (nSPS) is 17.9. The van der Waals surface area contributed by atoms with Gasteiger partial charge in [0.05, 0.1) is 30.3 Å². The smallest absolute Gasteiger partial charge is 0.338 e. The van der Waals surface area contributed by atoms with E-state index in [1.165, 1.54) is 11.8 Å². The Bertz CT molecular complexity index is 976. The number of aliphatic imine (C=N–C) groups is 1. The molecular weight excluding hydrogens is 410 g/mol. The highest BCUT2D eigenvalue weighted by Gasteiger charge is 2.41. The molecule has 1 atom stereocenters. The summed E-state index contributed by atoms with van der Waals surface area (Å²) in [6.07, 6.45) is 0.268. The van der Waals surface area contributed by atoms with E-state index in [9.17, 15) is 9.59 Å². The lowest BCUT2D eigenvalue weighted by Gasteiger charge is -2.37. The van der Waals surface area contributed by atoms with Gasteiger partial charge >= 0.3 is 5.97 Å². The fourth-order valence-corrected chi connectivity index (χ4v) is 5.07. The monoisotopic (exact) mass is 441 g/mol. The van der Waals surface area contributed by atoms with Gasteiger partial charge in [-0.15, -0.1) is 0 Å². The third kappa shape index (κ3) is 4.56. The molecule has 0 saturated carbocycles. The first-order valence-corrected chi connectivity index (χ1v) is 11.7. The van der Waals surface area contributed by atoms with Gasteiger partial charge in [-0.1, -0.05) is 35.5 Å². The molecule has 1 unspecified atom stereocenters. The van der Waals surface area contributed by atoms with Crippen molar-refractivity contribution in [3.05, 3.63) is 57.3 Å². The minimum Gasteiger partial charge on any atom is -0.463 e. The predicted octanol–water partition coefficient (Wildman–Crippen LogP) is 4.70. The number of hydrogen-bond acceptors (Lipinski definition) is 6. The van der Waals surface area contributed by atoms with Gasteiger partial charge in [0.25, 0.3) is 0 Å². The highest BCUT2D eigenvalue weighted by molar-refractivity contribution is 8.16. The van der Waals surface area contributed by atoms with Gasteiger partial charge in [0.15, 0.2) is 5.17 Å². The lowest BCUT2D eigenvalue weighted by molar-refractivity contribution is -0.139. The molecule has 0 aromatic heterocycles. The minimum atomic E-state index is -0.377. The van der Waals surface area contributed by atoms with E-state index in [4.69, 9.17) is 9.73 Å². The lowest BCUT2D eigenvalue weighted by Crippen LogP contribution is -2.39. The van der Waals surface area contributed by atoms with Crippen molar-refractivity contribution in [3.63, 3.8) is 0 Å². The van der Waals surface area contributed by atoms with Gasteiger partial charge in [0, 0.05) is 18.8 Å². The maximum atomic E-state index is 13.0. The van der Waals surface area contributed by atoms with Crippen LogP contribution in [-0.4, -0.2) is 46.5 Å². The molecule has 2 heterocycles. The fourth-order valence-electron chi connectivity index (χ4n) is 4.11. The Hall–Kier alpha value is -2.54. The largest absolute Gasteiger partial charge is 0.463 e. The van der Waals surface area contributed by atoms with Crippen LogP contribution in [0.5, 0.6) is 0 Å². The SMILES string of the molecule is CCOC(=O)C1=C(C)N=C2SC=C(CC(=O)N(CC)CC)N2C1c1ccc(C)cc1C. The molecule has 31 heavy (non-hydrogen) atoms. The summed E-state index contributed by atoms with van der Waals surface area (Å²) in [7, 11) is 0. The van der Waals surface area contributed by atoms with Crippen molar-refractivity contribution in [1.82, 2.24) is 9.80 Å². The van der Waals surface area contributed by atoms with Crippen LogP contribution in [0.1, 0.15) is 56.8 Å². The number of nitrogens with zero attached hydrogens (tertiary/aromatic N) is 3. The molecule has 1 aromatic carbocycles. The molecule has 0 N–H and O–H groups in total. The number of hydrogen-bond donors (Lipinski definition) is 0. The van der Waals surface area contributed by atoms with Gasteiger partial charge in [-0.3, -0.25) is 4.79 Å². The molecule has 0 fully saturated rings. The van der Waals surface area contributed by atoms with E-state index in [0.717, 1.165) is 27.6 Å². The summed E-state index contributed by atoms with van der Waals surface area (Å²) in [4.78, 5) is 34.5. The molecule has 6 nitrogen and oxygen atoms in total. The van der Waals surface area contributed by atoms with Crippen molar-refractivity contribution in [1.29, 1.82) is 0 Å². The summed E-state index contributed by atoms with van der Waals surface area (Å²) >= 11 is 1.50. The van der Waals surface area contributed by atoms with Crippen molar-refractivity contribution in [2.45, 2.75) is 54.0 Å². The van der Waals surface area contributed by atoms with Crippen LogP contribution in [0.3, 0.4) is 0 Å². The van der Waals surface area contributed by atoms with E-state index >= 15 is 0 Å². The van der Waals surface area contributed by atoms with Gasteiger partial charge in [0.1, 0.15) is 0 Å². The van der Waals surface area contributed by atoms with Crippen molar-refractivity contribution in [2.24, 2.45) is 4.99 Å². The Balaban J connectivity index is 2.08. The topological polar surface area (TPSA) is 62.2 Å². The van der Waals surface area contributed by atoms with Gasteiger partial charge in [0.2, 0.25) is 5.91 Å². The van der Waals surface area contributed by atoms with E-state index in [0.29, 0.717) is 31.0 Å². The first-order chi connectivity index (χ1) is 14.8. The zero-order valence-corrected chi connectivity index (χ0v) is 20.0. The molecule has 3 rings (SSSR count). The third-order valence-electron chi connectivity index (χ3n) is 5.66. The van der Waals surface area contributed by atoms with Crippen LogP contribution in [0.2, 0.25) is 0 Å². The number of amidine groups is 1. The Kier molecular flexibility index (Phi) is 7.26. The van der Waals surface area contributed by atoms with Gasteiger partial charge in [-0.25, -0.2) is 9.79 Å². The second kappa shape index (κ2) is 9.73. The Morgan fingerprint density at radius 1 is 1.16 bits per heavy atom. The second-order valence-electron chi connectivity index (χ2n) is 7.72. The van der Waals surface area contributed by atoms with Crippen LogP contribution in [-0.2, 0) is 14.3 Å². The van der Waals surface area contributed by atoms with E-state index in [1.54, 1.807) is 6.92 Å². The van der Waals surface area contributed by atoms with Crippen LogP contribution >= 0.6 is 11.8 Å². The van der Waals surface area contributed by atoms with Crippen molar-refractivity contribution in [3.8, 4) is 0 Å². The average molecular weight is 442 g/mol. The molecule has 7 heteroatoms. The lowest BCUT2D eigenvalue weighted by atomic mass is 9.90. The average Bonchev–Trinajstić information content (AvgIpc) is 3.10. The number of amides is 1. The van der Waals surface area contributed by atoms with Gasteiger partial charge < -0.3 is 14.5 Å². The van der Waals surface area contributed by atoms with E-state index in [2.05, 4.69) is 32.0 Å². The van der Waals surface area contributed by atoms with Crippen LogP contribution < -0.4 is 0 Å². The van der Waals surface area contributed by atoms with Crippen LogP contribution in [0.15, 0.2) is 45.6 Å². The summed E-state index contributed by atoms with van der Waals surface area (Å²) in [5, 5.41) is 2.77. The summed E-state index contributed by atoms with van der Waals surface area (Å²) in [6, 6.07) is 5.86. The molecule has 2 aliphatic rings. The number of thioether (sulfide) groups is 1. The minimum absolute atomic E-state index is 0.0708. The predicted molar refractivity (Wildman–Crippen MR) is 125 cm³/mol. The van der Waals surface area contributed by atoms with Crippen LogP contribution in [0, 0.1) is 13.8 Å². The summed E-state index contributed by atoms with van der Waals surface area (Å²) in [6.45, 7) is 13.4. The molecule has 1 aromatic rings. The van der Waals surface area contributed by atoms with Gasteiger partial charge in [-0.05, 0) is 58.1 Å². The molecule has 0 saturated heterocycles. The summed E-state index contributed by atoms with van der Waals surface area (Å²) < 4.78 is 5.41. The van der Waals surface area contributed by atoms with E-state index in [1.807, 2.05) is 36.0 Å². The number of esters is 1. The molecular formula is C24H31N3O3S. The standard InChI is InChI=1S/C24H31N3O3S/c1-7-26(8-2)20(28)13-18-14-31-24-25-17(6)21(23(29)30-9-3)22(27(18)24)19-11-10-15(4)12-16(19)5/h10-12,14,22H,7-9,13H2,1-6H3. The number of carbonyl (C=O) groups excluding carboxylic acids is 2. The number of benzene rings is 1. The number of carbonyl (C=O) groups is 2. The maximum absolute atomic E-state index is 13.0. The van der Waals surface area contributed by atoms with Gasteiger partial charge in [-0.2, -0.15) is 0 Å². The zero-order chi connectivity index (χ0) is 22.7. The highest BCUT2D eigenvalue weighted by atomic mass is 32.2. The van der Waals surface area contributed by atoms with Crippen LogP contribution in [0.25, 0.3) is 0 Å². The van der Waals surface area contributed by atoms with Crippen LogP contribution in [0.4, 0.5) is 0 Å². The second-order valence-corrected chi connectivity index (χ2v) is 8.55. The Labute approximate surface area is 189 Å². The molecule has 166 valence electrons. The summed E-state index contributed by atoms with van der Waals surface area (Å²) in [5.41, 5.74) is 5.32. The fraction of sp³-hybridized carbons (Fsp3) is 0.458. The van der Waals surface area contributed by atoms with Crippen molar-refractivity contribution >= 4 is 28.8 Å².